The molecule has 0 aromatic carbocycles. The number of nitrogens with zero attached hydrogens (tertiary/aromatic N) is 1. The molecule has 0 saturated carbocycles. The summed E-state index contributed by atoms with van der Waals surface area (Å²) >= 11 is 0. The number of fused-ring (bicyclic) bond motifs is 2. The van der Waals surface area contributed by atoms with E-state index < -0.39 is 0 Å². The van der Waals surface area contributed by atoms with Crippen molar-refractivity contribution in [1.29, 1.82) is 0 Å². The van der Waals surface area contributed by atoms with Crippen LogP contribution in [0.2, 0.25) is 0 Å². The Hall–Kier alpha value is -0.610. The molecule has 3 rings (SSSR count). The molecule has 3 fully saturated rings. The summed E-state index contributed by atoms with van der Waals surface area (Å²) in [5, 5.41) is 3.35. The quantitative estimate of drug-likeness (QED) is 0.700. The largest absolute Gasteiger partial charge is 0.371 e. The molecular formula is C12H20N2O2. The third kappa shape index (κ3) is 1.74. The van der Waals surface area contributed by atoms with Gasteiger partial charge in [-0.1, -0.05) is 0 Å². The minimum Gasteiger partial charge on any atom is -0.371 e. The zero-order chi connectivity index (χ0) is 11.1. The summed E-state index contributed by atoms with van der Waals surface area (Å²) < 4.78 is 5.76. The average molecular weight is 224 g/mol. The zero-order valence-corrected chi connectivity index (χ0v) is 9.82. The lowest BCUT2D eigenvalue weighted by Gasteiger charge is -2.34. The van der Waals surface area contributed by atoms with Gasteiger partial charge < -0.3 is 15.0 Å². The second-order valence-corrected chi connectivity index (χ2v) is 5.34. The second-order valence-electron chi connectivity index (χ2n) is 5.34. The maximum atomic E-state index is 12.4. The molecule has 3 aliphatic rings. The highest BCUT2D eigenvalue weighted by Gasteiger charge is 2.39. The monoisotopic (exact) mass is 224 g/mol. The Morgan fingerprint density at radius 1 is 1.25 bits per heavy atom. The number of morpholine rings is 1. The molecule has 1 amide bonds. The lowest BCUT2D eigenvalue weighted by molar-refractivity contribution is -0.144. The first-order valence-corrected chi connectivity index (χ1v) is 6.41. The molecule has 3 aliphatic heterocycles. The maximum Gasteiger partial charge on any atom is 0.227 e. The first kappa shape index (κ1) is 10.5. The lowest BCUT2D eigenvalue weighted by Crippen LogP contribution is -2.49. The first-order valence-electron chi connectivity index (χ1n) is 6.41. The number of hydrogen-bond acceptors (Lipinski definition) is 3. The first-order chi connectivity index (χ1) is 7.74. The van der Waals surface area contributed by atoms with Gasteiger partial charge in [0.05, 0.1) is 18.1 Å². The van der Waals surface area contributed by atoms with Gasteiger partial charge in [0, 0.05) is 19.1 Å². The van der Waals surface area contributed by atoms with Crippen LogP contribution in [0.4, 0.5) is 0 Å². The topological polar surface area (TPSA) is 41.6 Å². The fraction of sp³-hybridized carbons (Fsp3) is 0.917. The predicted octanol–water partition coefficient (Wildman–Crippen LogP) is 0.374. The third-order valence-corrected chi connectivity index (χ3v) is 4.20. The minimum absolute atomic E-state index is 0.192. The molecule has 2 bridgehead atoms. The number of nitrogens with one attached hydrogen (secondary N) is 1. The van der Waals surface area contributed by atoms with Crippen LogP contribution in [0.25, 0.3) is 0 Å². The minimum atomic E-state index is 0.192. The highest BCUT2D eigenvalue weighted by atomic mass is 16.5. The number of carbonyl (C=O) groups excluding carboxylic acids is 1. The summed E-state index contributed by atoms with van der Waals surface area (Å²) in [6.45, 7) is 4.73. The smallest absolute Gasteiger partial charge is 0.227 e. The van der Waals surface area contributed by atoms with E-state index in [1.807, 2.05) is 4.90 Å². The van der Waals surface area contributed by atoms with E-state index in [1.165, 1.54) is 0 Å². The number of amides is 1. The van der Waals surface area contributed by atoms with E-state index in [4.69, 9.17) is 4.74 Å². The van der Waals surface area contributed by atoms with Crippen LogP contribution >= 0.6 is 0 Å². The van der Waals surface area contributed by atoms with E-state index in [2.05, 4.69) is 12.2 Å². The van der Waals surface area contributed by atoms with Gasteiger partial charge in [-0.2, -0.15) is 0 Å². The highest BCUT2D eigenvalue weighted by Crippen LogP contribution is 2.28. The van der Waals surface area contributed by atoms with Crippen molar-refractivity contribution in [1.82, 2.24) is 10.2 Å². The summed E-state index contributed by atoms with van der Waals surface area (Å²) in [6, 6.07) is 0.341. The van der Waals surface area contributed by atoms with Gasteiger partial charge in [0.25, 0.3) is 0 Å². The standard InChI is InChI=1S/C12H20N2O2/c1-8-11(4-5-13-8)12(15)14-6-9-2-3-10(7-14)16-9/h8-11,13H,2-7H2,1H3. The van der Waals surface area contributed by atoms with Crippen LogP contribution < -0.4 is 5.32 Å². The van der Waals surface area contributed by atoms with Gasteiger partial charge in [-0.05, 0) is 32.7 Å². The van der Waals surface area contributed by atoms with Crippen molar-refractivity contribution in [3.63, 3.8) is 0 Å². The molecule has 0 radical (unpaired) electrons. The summed E-state index contributed by atoms with van der Waals surface area (Å²) in [4.78, 5) is 14.4. The SMILES string of the molecule is CC1NCCC1C(=O)N1CC2CCC(C1)O2. The van der Waals surface area contributed by atoms with Gasteiger partial charge in [0.1, 0.15) is 0 Å². The van der Waals surface area contributed by atoms with Crippen molar-refractivity contribution in [2.24, 2.45) is 5.92 Å². The second kappa shape index (κ2) is 4.00. The zero-order valence-electron chi connectivity index (χ0n) is 9.82. The molecule has 0 aliphatic carbocycles. The maximum absolute atomic E-state index is 12.4. The van der Waals surface area contributed by atoms with Crippen LogP contribution in [0.1, 0.15) is 26.2 Å². The van der Waals surface area contributed by atoms with E-state index in [9.17, 15) is 4.79 Å². The molecule has 4 unspecified atom stereocenters. The molecule has 0 aromatic rings. The molecule has 3 heterocycles. The summed E-state index contributed by atoms with van der Waals surface area (Å²) in [7, 11) is 0. The van der Waals surface area contributed by atoms with Crippen LogP contribution in [-0.2, 0) is 9.53 Å². The average Bonchev–Trinajstić information content (AvgIpc) is 2.84. The van der Waals surface area contributed by atoms with Gasteiger partial charge >= 0.3 is 0 Å². The van der Waals surface area contributed by atoms with Crippen LogP contribution in [0.5, 0.6) is 0 Å². The molecule has 3 saturated heterocycles. The highest BCUT2D eigenvalue weighted by molar-refractivity contribution is 5.80. The normalized spacial score (nSPS) is 42.7. The molecular weight excluding hydrogens is 204 g/mol. The number of likely N-dealkylation sites (tertiary alicyclic amines) is 1. The van der Waals surface area contributed by atoms with Gasteiger partial charge in [-0.3, -0.25) is 4.79 Å². The van der Waals surface area contributed by atoms with Gasteiger partial charge in [-0.15, -0.1) is 0 Å². The lowest BCUT2D eigenvalue weighted by atomic mass is 10.00. The molecule has 90 valence electrons. The fourth-order valence-corrected chi connectivity index (χ4v) is 3.23. The van der Waals surface area contributed by atoms with E-state index in [0.717, 1.165) is 38.9 Å². The molecule has 0 spiro atoms. The Morgan fingerprint density at radius 3 is 2.50 bits per heavy atom. The number of carbonyl (C=O) groups is 1. The Kier molecular flexibility index (Phi) is 2.64. The number of rotatable bonds is 1. The van der Waals surface area contributed by atoms with Crippen LogP contribution in [0.3, 0.4) is 0 Å². The number of hydrogen-bond donors (Lipinski definition) is 1. The van der Waals surface area contributed by atoms with E-state index in [-0.39, 0.29) is 5.92 Å². The Labute approximate surface area is 96.3 Å². The van der Waals surface area contributed by atoms with Crippen LogP contribution in [-0.4, -0.2) is 48.7 Å². The van der Waals surface area contributed by atoms with Crippen LogP contribution in [0, 0.1) is 5.92 Å². The van der Waals surface area contributed by atoms with Gasteiger partial charge in [-0.25, -0.2) is 0 Å². The van der Waals surface area contributed by atoms with Crippen LogP contribution in [0.15, 0.2) is 0 Å². The number of ether oxygens (including phenoxy) is 1. The van der Waals surface area contributed by atoms with Crippen molar-refractivity contribution < 1.29 is 9.53 Å². The molecule has 16 heavy (non-hydrogen) atoms. The van der Waals surface area contributed by atoms with Crippen molar-refractivity contribution in [3.05, 3.63) is 0 Å². The van der Waals surface area contributed by atoms with Crippen molar-refractivity contribution >= 4 is 5.91 Å². The van der Waals surface area contributed by atoms with E-state index in [0.29, 0.717) is 24.2 Å². The Balaban J connectivity index is 1.66. The summed E-state index contributed by atoms with van der Waals surface area (Å²) in [6.07, 6.45) is 3.88. The van der Waals surface area contributed by atoms with Gasteiger partial charge in [0.2, 0.25) is 5.91 Å². The van der Waals surface area contributed by atoms with Crippen molar-refractivity contribution in [3.8, 4) is 0 Å². The predicted molar refractivity (Wildman–Crippen MR) is 60.0 cm³/mol. The van der Waals surface area contributed by atoms with E-state index in [1.54, 1.807) is 0 Å². The van der Waals surface area contributed by atoms with Crippen molar-refractivity contribution in [2.45, 2.75) is 44.4 Å². The summed E-state index contributed by atoms with van der Waals surface area (Å²) in [5.41, 5.74) is 0. The molecule has 1 N–H and O–H groups in total. The van der Waals surface area contributed by atoms with Crippen molar-refractivity contribution in [2.75, 3.05) is 19.6 Å². The fourth-order valence-electron chi connectivity index (χ4n) is 3.23. The summed E-state index contributed by atoms with van der Waals surface area (Å²) in [5.74, 6) is 0.537. The Morgan fingerprint density at radius 2 is 1.94 bits per heavy atom. The molecule has 4 atom stereocenters. The molecule has 4 nitrogen and oxygen atoms in total. The third-order valence-electron chi connectivity index (χ3n) is 4.20. The Bertz CT molecular complexity index is 283. The molecule has 4 heteroatoms. The van der Waals surface area contributed by atoms with Gasteiger partial charge in [0.15, 0.2) is 0 Å². The molecule has 0 aromatic heterocycles. The van der Waals surface area contributed by atoms with E-state index >= 15 is 0 Å².